The Morgan fingerprint density at radius 1 is 1.43 bits per heavy atom. The molecule has 0 saturated heterocycles. The van der Waals surface area contributed by atoms with Gasteiger partial charge in [-0.15, -0.1) is 11.8 Å². The highest BCUT2D eigenvalue weighted by Gasteiger charge is 2.33. The average molecular weight is 318 g/mol. The number of carboxylic acids is 1. The maximum absolute atomic E-state index is 13.4. The number of carbonyl (C=O) groups is 2. The van der Waals surface area contributed by atoms with Crippen molar-refractivity contribution in [3.05, 3.63) is 29.8 Å². The molecule has 0 heterocycles. The minimum atomic E-state index is -1.17. The predicted octanol–water partition coefficient (Wildman–Crippen LogP) is 1.83. The van der Waals surface area contributed by atoms with Gasteiger partial charge in [0, 0.05) is 10.8 Å². The van der Waals surface area contributed by atoms with Crippen molar-refractivity contribution < 1.29 is 23.5 Å². The van der Waals surface area contributed by atoms with E-state index in [2.05, 4.69) is 5.32 Å². The SMILES string of the molecule is CC(C)(SCC(=O)Nc1ccc(F)cc1F)[C@H](N)C(=O)O. The summed E-state index contributed by atoms with van der Waals surface area (Å²) < 4.78 is 25.2. The number of carboxylic acid groups (broad SMARTS) is 1. The Labute approximate surface area is 124 Å². The molecule has 0 aliphatic carbocycles. The highest BCUT2D eigenvalue weighted by Crippen LogP contribution is 2.27. The van der Waals surface area contributed by atoms with Crippen LogP contribution in [0, 0.1) is 11.6 Å². The van der Waals surface area contributed by atoms with Gasteiger partial charge in [-0.3, -0.25) is 9.59 Å². The first kappa shape index (κ1) is 17.4. The van der Waals surface area contributed by atoms with Crippen LogP contribution >= 0.6 is 11.8 Å². The lowest BCUT2D eigenvalue weighted by atomic mass is 10.1. The Hall–Kier alpha value is -1.67. The number of rotatable bonds is 6. The summed E-state index contributed by atoms with van der Waals surface area (Å²) >= 11 is 1.04. The van der Waals surface area contributed by atoms with E-state index in [9.17, 15) is 18.4 Å². The summed E-state index contributed by atoms with van der Waals surface area (Å²) in [6.45, 7) is 3.20. The molecule has 1 atom stereocenters. The Bertz CT molecular complexity index is 552. The molecule has 5 nitrogen and oxygen atoms in total. The van der Waals surface area contributed by atoms with E-state index in [-0.39, 0.29) is 11.4 Å². The molecule has 4 N–H and O–H groups in total. The Balaban J connectivity index is 2.60. The summed E-state index contributed by atoms with van der Waals surface area (Å²) in [7, 11) is 0. The standard InChI is InChI=1S/C13H16F2N2O3S/c1-13(2,11(16)12(19)20)21-6-10(18)17-9-4-3-7(14)5-8(9)15/h3-5,11H,6,16H2,1-2H3,(H,17,18)(H,19,20)/t11-/m1/s1. The second-order valence-corrected chi connectivity index (χ2v) is 6.51. The molecule has 0 bridgehead atoms. The summed E-state index contributed by atoms with van der Waals surface area (Å²) in [6, 6.07) is 1.66. The Kier molecular flexibility index (Phi) is 5.68. The van der Waals surface area contributed by atoms with E-state index >= 15 is 0 Å². The van der Waals surface area contributed by atoms with Gasteiger partial charge in [0.05, 0.1) is 11.4 Å². The van der Waals surface area contributed by atoms with Crippen molar-refractivity contribution in [2.24, 2.45) is 5.73 Å². The van der Waals surface area contributed by atoms with Gasteiger partial charge in [0.2, 0.25) is 5.91 Å². The molecule has 1 amide bonds. The van der Waals surface area contributed by atoms with E-state index in [1.807, 2.05) is 0 Å². The second kappa shape index (κ2) is 6.86. The molecule has 0 radical (unpaired) electrons. The predicted molar refractivity (Wildman–Crippen MR) is 77.1 cm³/mol. The number of anilines is 1. The van der Waals surface area contributed by atoms with Crippen LogP contribution in [0.25, 0.3) is 0 Å². The van der Waals surface area contributed by atoms with Gasteiger partial charge in [-0.05, 0) is 26.0 Å². The van der Waals surface area contributed by atoms with Crippen molar-refractivity contribution in [2.75, 3.05) is 11.1 Å². The third kappa shape index (κ3) is 4.98. The molecule has 1 aromatic carbocycles. The zero-order valence-electron chi connectivity index (χ0n) is 11.5. The maximum Gasteiger partial charge on any atom is 0.321 e. The number of benzene rings is 1. The van der Waals surface area contributed by atoms with Gasteiger partial charge in [0.25, 0.3) is 0 Å². The molecular weight excluding hydrogens is 302 g/mol. The highest BCUT2D eigenvalue weighted by atomic mass is 32.2. The lowest BCUT2D eigenvalue weighted by Crippen LogP contribution is -2.47. The van der Waals surface area contributed by atoms with Gasteiger partial charge >= 0.3 is 5.97 Å². The third-order valence-corrected chi connectivity index (χ3v) is 4.20. The number of hydrogen-bond acceptors (Lipinski definition) is 4. The molecule has 0 unspecified atom stereocenters. The highest BCUT2D eigenvalue weighted by molar-refractivity contribution is 8.01. The number of amides is 1. The van der Waals surface area contributed by atoms with Crippen molar-refractivity contribution in [1.29, 1.82) is 0 Å². The number of nitrogens with one attached hydrogen (secondary N) is 1. The van der Waals surface area contributed by atoms with Gasteiger partial charge in [0.15, 0.2) is 0 Å². The minimum Gasteiger partial charge on any atom is -0.480 e. The zero-order chi connectivity index (χ0) is 16.2. The topological polar surface area (TPSA) is 92.4 Å². The van der Waals surface area contributed by atoms with Crippen molar-refractivity contribution in [3.63, 3.8) is 0 Å². The molecule has 116 valence electrons. The molecule has 1 aromatic rings. The average Bonchev–Trinajstić information content (AvgIpc) is 2.39. The van der Waals surface area contributed by atoms with Crippen molar-refractivity contribution in [1.82, 2.24) is 0 Å². The van der Waals surface area contributed by atoms with Gasteiger partial charge < -0.3 is 16.2 Å². The number of halogens is 2. The van der Waals surface area contributed by atoms with Crippen molar-refractivity contribution in [3.8, 4) is 0 Å². The fourth-order valence-corrected chi connectivity index (χ4v) is 2.27. The summed E-state index contributed by atoms with van der Waals surface area (Å²) in [5, 5.41) is 11.1. The molecule has 0 fully saturated rings. The minimum absolute atomic E-state index is 0.106. The fraction of sp³-hybridized carbons (Fsp3) is 0.385. The normalized spacial score (nSPS) is 12.8. The van der Waals surface area contributed by atoms with E-state index < -0.39 is 34.3 Å². The Morgan fingerprint density at radius 2 is 2.05 bits per heavy atom. The summed E-state index contributed by atoms with van der Waals surface area (Å²) in [4.78, 5) is 22.5. The number of hydrogen-bond donors (Lipinski definition) is 3. The quantitative estimate of drug-likeness (QED) is 0.744. The van der Waals surface area contributed by atoms with E-state index in [1.165, 1.54) is 0 Å². The lowest BCUT2D eigenvalue weighted by Gasteiger charge is -2.27. The molecule has 1 rings (SSSR count). The van der Waals surface area contributed by atoms with Crippen LogP contribution in [0.5, 0.6) is 0 Å². The van der Waals surface area contributed by atoms with Crippen molar-refractivity contribution >= 4 is 29.3 Å². The van der Waals surface area contributed by atoms with Crippen LogP contribution in [-0.2, 0) is 9.59 Å². The third-order valence-electron chi connectivity index (χ3n) is 2.80. The largest absolute Gasteiger partial charge is 0.480 e. The fourth-order valence-electron chi connectivity index (χ4n) is 1.42. The maximum atomic E-state index is 13.4. The number of carbonyl (C=O) groups excluding carboxylic acids is 1. The first-order valence-corrected chi connectivity index (χ1v) is 6.99. The van der Waals surface area contributed by atoms with Crippen LogP contribution in [-0.4, -0.2) is 33.5 Å². The summed E-state index contributed by atoms with van der Waals surface area (Å²) in [6.07, 6.45) is 0. The van der Waals surface area contributed by atoms with E-state index in [1.54, 1.807) is 13.8 Å². The molecule has 8 heteroatoms. The number of aliphatic carboxylic acids is 1. The molecule has 0 aliphatic rings. The van der Waals surface area contributed by atoms with Crippen LogP contribution in [0.4, 0.5) is 14.5 Å². The van der Waals surface area contributed by atoms with Crippen LogP contribution in [0.15, 0.2) is 18.2 Å². The molecular formula is C13H16F2N2O3S. The number of nitrogens with two attached hydrogens (primary N) is 1. The summed E-state index contributed by atoms with van der Waals surface area (Å²) in [5.41, 5.74) is 5.38. The van der Waals surface area contributed by atoms with Gasteiger partial charge in [-0.2, -0.15) is 0 Å². The smallest absolute Gasteiger partial charge is 0.321 e. The molecule has 0 aromatic heterocycles. The van der Waals surface area contributed by atoms with Crippen LogP contribution in [0.2, 0.25) is 0 Å². The first-order valence-electron chi connectivity index (χ1n) is 6.00. The second-order valence-electron chi connectivity index (χ2n) is 4.88. The molecule has 21 heavy (non-hydrogen) atoms. The lowest BCUT2D eigenvalue weighted by molar-refractivity contribution is -0.139. The Morgan fingerprint density at radius 3 is 2.57 bits per heavy atom. The van der Waals surface area contributed by atoms with Crippen molar-refractivity contribution in [2.45, 2.75) is 24.6 Å². The first-order chi connectivity index (χ1) is 9.63. The molecule has 0 spiro atoms. The van der Waals surface area contributed by atoms with E-state index in [0.29, 0.717) is 6.07 Å². The van der Waals surface area contributed by atoms with Crippen LogP contribution in [0.1, 0.15) is 13.8 Å². The van der Waals surface area contributed by atoms with Crippen LogP contribution < -0.4 is 11.1 Å². The summed E-state index contributed by atoms with van der Waals surface area (Å²) in [5.74, 6) is -3.43. The van der Waals surface area contributed by atoms with E-state index in [0.717, 1.165) is 23.9 Å². The molecule has 0 aliphatic heterocycles. The van der Waals surface area contributed by atoms with E-state index in [4.69, 9.17) is 10.8 Å². The van der Waals surface area contributed by atoms with Gasteiger partial charge in [0.1, 0.15) is 17.7 Å². The van der Waals surface area contributed by atoms with Crippen LogP contribution in [0.3, 0.4) is 0 Å². The van der Waals surface area contributed by atoms with Gasteiger partial charge in [-0.1, -0.05) is 0 Å². The zero-order valence-corrected chi connectivity index (χ0v) is 12.3. The van der Waals surface area contributed by atoms with Gasteiger partial charge in [-0.25, -0.2) is 8.78 Å². The molecule has 0 saturated carbocycles. The number of thioether (sulfide) groups is 1. The monoisotopic (exact) mass is 318 g/mol.